The van der Waals surface area contributed by atoms with Crippen molar-refractivity contribution in [3.8, 4) is 5.75 Å². The highest BCUT2D eigenvalue weighted by Gasteiger charge is 2.44. The fourth-order valence-electron chi connectivity index (χ4n) is 1.84. The van der Waals surface area contributed by atoms with Gasteiger partial charge in [0.2, 0.25) is 0 Å². The molecule has 0 saturated carbocycles. The average Bonchev–Trinajstić information content (AvgIpc) is 2.36. The predicted octanol–water partition coefficient (Wildman–Crippen LogP) is 3.75. The van der Waals surface area contributed by atoms with Crippen molar-refractivity contribution in [2.45, 2.75) is 44.9 Å². The van der Waals surface area contributed by atoms with Crippen LogP contribution in [0.2, 0.25) is 0 Å². The first-order valence-corrected chi connectivity index (χ1v) is 6.52. The maximum absolute atomic E-state index is 12.8. The number of aliphatic hydroxyl groups is 1. The first kappa shape index (κ1) is 20.9. The Labute approximate surface area is 132 Å². The number of alkyl halides is 4. The third-order valence-electron chi connectivity index (χ3n) is 2.88. The molecule has 0 aliphatic rings. The Morgan fingerprint density at radius 2 is 1.86 bits per heavy atom. The molecule has 0 spiro atoms. The zero-order valence-electron chi connectivity index (χ0n) is 12.2. The normalized spacial score (nSPS) is 14.6. The topological polar surface area (TPSA) is 55.5 Å². The molecule has 0 aliphatic heterocycles. The van der Waals surface area contributed by atoms with Crippen LogP contribution in [0.4, 0.5) is 17.6 Å². The fraction of sp³-hybridized carbons (Fsp3) is 0.571. The van der Waals surface area contributed by atoms with Crippen LogP contribution in [0.25, 0.3) is 0 Å². The molecule has 3 nitrogen and oxygen atoms in total. The lowest BCUT2D eigenvalue weighted by atomic mass is 9.95. The third kappa shape index (κ3) is 5.98. The zero-order valence-corrected chi connectivity index (χ0v) is 13.0. The second-order valence-electron chi connectivity index (χ2n) is 5.26. The number of ether oxygens (including phenoxy) is 1. The van der Waals surface area contributed by atoms with Crippen molar-refractivity contribution in [2.75, 3.05) is 0 Å². The maximum atomic E-state index is 12.8. The molecule has 1 aromatic rings. The molecule has 2 atom stereocenters. The van der Waals surface area contributed by atoms with Crippen LogP contribution < -0.4 is 10.5 Å². The molecule has 0 radical (unpaired) electrons. The zero-order chi connectivity index (χ0) is 16.2. The van der Waals surface area contributed by atoms with E-state index in [9.17, 15) is 22.7 Å². The minimum absolute atomic E-state index is 0. The second-order valence-corrected chi connectivity index (χ2v) is 5.26. The molecule has 0 fully saturated rings. The van der Waals surface area contributed by atoms with Gasteiger partial charge in [-0.1, -0.05) is 26.0 Å². The highest BCUT2D eigenvalue weighted by Crippen LogP contribution is 2.29. The summed E-state index contributed by atoms with van der Waals surface area (Å²) in [7, 11) is 0. The molecule has 3 N–H and O–H groups in total. The van der Waals surface area contributed by atoms with Gasteiger partial charge >= 0.3 is 12.5 Å². The van der Waals surface area contributed by atoms with E-state index in [0.717, 1.165) is 12.1 Å². The van der Waals surface area contributed by atoms with E-state index >= 15 is 0 Å². The second kappa shape index (κ2) is 8.55. The van der Waals surface area contributed by atoms with Crippen LogP contribution in [0.15, 0.2) is 24.3 Å². The summed E-state index contributed by atoms with van der Waals surface area (Å²) in [6, 6.07) is 4.32. The van der Waals surface area contributed by atoms with Gasteiger partial charge in [-0.3, -0.25) is 0 Å². The molecule has 0 bridgehead atoms. The first-order valence-electron chi connectivity index (χ1n) is 6.52. The van der Waals surface area contributed by atoms with Gasteiger partial charge in [-0.25, -0.2) is 0 Å². The molecule has 0 heterocycles. The van der Waals surface area contributed by atoms with E-state index < -0.39 is 30.4 Å². The summed E-state index contributed by atoms with van der Waals surface area (Å²) in [5.74, 6) is -0.223. The summed E-state index contributed by atoms with van der Waals surface area (Å²) in [6.45, 7) is 3.80. The number of aliphatic hydroxyl groups excluding tert-OH is 1. The summed E-state index contributed by atoms with van der Waals surface area (Å²) in [5.41, 5.74) is 6.18. The van der Waals surface area contributed by atoms with Gasteiger partial charge in [0.05, 0.1) is 12.1 Å². The number of halogens is 5. The van der Waals surface area contributed by atoms with Crippen molar-refractivity contribution in [2.24, 2.45) is 11.7 Å². The molecule has 128 valence electrons. The molecule has 0 aliphatic carbocycles. The molecule has 22 heavy (non-hydrogen) atoms. The number of rotatable bonds is 7. The summed E-state index contributed by atoms with van der Waals surface area (Å²) in [5, 5.41) is 9.92. The minimum Gasteiger partial charge on any atom is -0.428 e. The highest BCUT2D eigenvalue weighted by atomic mass is 35.5. The molecule has 0 aromatic heterocycles. The van der Waals surface area contributed by atoms with E-state index in [1.807, 2.05) is 13.8 Å². The maximum Gasteiger partial charge on any atom is 0.461 e. The fourth-order valence-corrected chi connectivity index (χ4v) is 1.84. The Morgan fingerprint density at radius 1 is 1.27 bits per heavy atom. The number of hydrogen-bond donors (Lipinski definition) is 2. The Balaban J connectivity index is 0.00000441. The molecule has 1 aromatic carbocycles. The quantitative estimate of drug-likeness (QED) is 0.740. The van der Waals surface area contributed by atoms with Gasteiger partial charge in [0.1, 0.15) is 5.75 Å². The number of benzene rings is 1. The van der Waals surface area contributed by atoms with E-state index in [4.69, 9.17) is 5.73 Å². The molecule has 0 amide bonds. The van der Waals surface area contributed by atoms with Gasteiger partial charge in [0, 0.05) is 0 Å². The van der Waals surface area contributed by atoms with E-state index in [1.54, 1.807) is 0 Å². The van der Waals surface area contributed by atoms with Crippen molar-refractivity contribution in [1.29, 1.82) is 0 Å². The van der Waals surface area contributed by atoms with E-state index in [-0.39, 0.29) is 18.3 Å². The van der Waals surface area contributed by atoms with Crippen LogP contribution in [0.1, 0.15) is 31.9 Å². The van der Waals surface area contributed by atoms with Crippen molar-refractivity contribution in [3.05, 3.63) is 29.8 Å². The molecule has 0 unspecified atom stereocenters. The van der Waals surface area contributed by atoms with Crippen molar-refractivity contribution >= 4 is 12.4 Å². The standard InChI is InChI=1S/C14H19F4NO2.ClH/c1-8(2)6-11(20)12(19)9-4-3-5-10(7-9)21-14(17,18)13(15)16;/h3-5,7-8,11-13,20H,6,19H2,1-2H3;1H/t11-,12+;/m0./s1. The third-order valence-corrected chi connectivity index (χ3v) is 2.88. The van der Waals surface area contributed by atoms with Crippen molar-refractivity contribution in [3.63, 3.8) is 0 Å². The highest BCUT2D eigenvalue weighted by molar-refractivity contribution is 5.85. The van der Waals surface area contributed by atoms with Crippen LogP contribution in [0.3, 0.4) is 0 Å². The Morgan fingerprint density at radius 3 is 2.36 bits per heavy atom. The SMILES string of the molecule is CC(C)C[C@H](O)[C@H](N)c1cccc(OC(F)(F)C(F)F)c1.Cl. The van der Waals surface area contributed by atoms with E-state index in [0.29, 0.717) is 12.0 Å². The first-order chi connectivity index (χ1) is 9.63. The van der Waals surface area contributed by atoms with Gasteiger partial charge in [-0.2, -0.15) is 17.6 Å². The van der Waals surface area contributed by atoms with Crippen molar-refractivity contribution < 1.29 is 27.4 Å². The number of nitrogens with two attached hydrogens (primary N) is 1. The van der Waals surface area contributed by atoms with Gasteiger partial charge < -0.3 is 15.6 Å². The lowest BCUT2D eigenvalue weighted by Crippen LogP contribution is -2.33. The Hall–Kier alpha value is -1.05. The number of hydrogen-bond acceptors (Lipinski definition) is 3. The Kier molecular flexibility index (Phi) is 8.14. The molecule has 8 heteroatoms. The predicted molar refractivity (Wildman–Crippen MR) is 77.7 cm³/mol. The van der Waals surface area contributed by atoms with E-state index in [2.05, 4.69) is 4.74 Å². The lowest BCUT2D eigenvalue weighted by molar-refractivity contribution is -0.253. The lowest BCUT2D eigenvalue weighted by Gasteiger charge is -2.22. The smallest absolute Gasteiger partial charge is 0.428 e. The summed E-state index contributed by atoms with van der Waals surface area (Å²) in [6.07, 6.45) is -8.93. The van der Waals surface area contributed by atoms with Crippen LogP contribution in [0, 0.1) is 5.92 Å². The van der Waals surface area contributed by atoms with Crippen LogP contribution in [-0.4, -0.2) is 23.7 Å². The van der Waals surface area contributed by atoms with Gasteiger partial charge in [0.25, 0.3) is 0 Å². The summed E-state index contributed by atoms with van der Waals surface area (Å²) >= 11 is 0. The molecular weight excluding hydrogens is 326 g/mol. The van der Waals surface area contributed by atoms with Crippen molar-refractivity contribution in [1.82, 2.24) is 0 Å². The van der Waals surface area contributed by atoms with E-state index in [1.165, 1.54) is 12.1 Å². The van der Waals surface area contributed by atoms with Gasteiger partial charge in [-0.15, -0.1) is 12.4 Å². The van der Waals surface area contributed by atoms with Gasteiger partial charge in [0.15, 0.2) is 0 Å². The van der Waals surface area contributed by atoms with Gasteiger partial charge in [-0.05, 0) is 30.0 Å². The molecule has 0 saturated heterocycles. The van der Waals surface area contributed by atoms with Crippen LogP contribution in [0.5, 0.6) is 5.75 Å². The summed E-state index contributed by atoms with van der Waals surface area (Å²) < 4.78 is 53.9. The van der Waals surface area contributed by atoms with Crippen LogP contribution in [-0.2, 0) is 0 Å². The molecule has 1 rings (SSSR count). The summed E-state index contributed by atoms with van der Waals surface area (Å²) in [4.78, 5) is 0. The van der Waals surface area contributed by atoms with Crippen LogP contribution >= 0.6 is 12.4 Å². The average molecular weight is 346 g/mol. The minimum atomic E-state index is -4.57. The molecular formula is C14H20ClF4NO2. The monoisotopic (exact) mass is 345 g/mol. The largest absolute Gasteiger partial charge is 0.461 e. The Bertz CT molecular complexity index is 460.